The van der Waals surface area contributed by atoms with Gasteiger partial charge in [-0.05, 0) is 23.6 Å². The maximum absolute atomic E-state index is 13.8. The number of aromatic nitrogens is 1. The smallest absolute Gasteiger partial charge is 0.131 e. The molecule has 2 N–H and O–H groups in total. The van der Waals surface area contributed by atoms with Gasteiger partial charge in [0.25, 0.3) is 0 Å². The zero-order chi connectivity index (χ0) is 14.1. The van der Waals surface area contributed by atoms with Crippen LogP contribution < -0.4 is 5.73 Å². The molecule has 20 heavy (non-hydrogen) atoms. The van der Waals surface area contributed by atoms with Crippen molar-refractivity contribution in [2.45, 2.75) is 13.1 Å². The largest absolute Gasteiger partial charge is 0.339 e. The Kier molecular flexibility index (Phi) is 3.24. The Balaban J connectivity index is 2.09. The standard InChI is InChI=1S/C16H14F2N2/c17-13-6-5-12(15(18)8-13)10-20-14(9-19)7-11-3-1-2-4-16(11)20/h1-8H,9-10,19H2. The summed E-state index contributed by atoms with van der Waals surface area (Å²) < 4.78 is 28.7. The number of nitrogens with zero attached hydrogens (tertiary/aromatic N) is 1. The molecule has 3 rings (SSSR count). The number of benzene rings is 2. The summed E-state index contributed by atoms with van der Waals surface area (Å²) in [6.45, 7) is 0.712. The Hall–Kier alpha value is -2.20. The molecule has 4 heteroatoms. The number of nitrogens with two attached hydrogens (primary N) is 1. The molecule has 0 spiro atoms. The summed E-state index contributed by atoms with van der Waals surface area (Å²) >= 11 is 0. The van der Waals surface area contributed by atoms with Crippen LogP contribution in [0.25, 0.3) is 10.9 Å². The normalized spacial score (nSPS) is 11.2. The molecule has 0 unspecified atom stereocenters. The van der Waals surface area contributed by atoms with Crippen LogP contribution >= 0.6 is 0 Å². The Morgan fingerprint density at radius 2 is 1.80 bits per heavy atom. The highest BCUT2D eigenvalue weighted by molar-refractivity contribution is 5.81. The maximum atomic E-state index is 13.8. The Morgan fingerprint density at radius 1 is 1.00 bits per heavy atom. The molecule has 0 fully saturated rings. The fourth-order valence-electron chi connectivity index (χ4n) is 2.44. The minimum Gasteiger partial charge on any atom is -0.339 e. The predicted molar refractivity (Wildman–Crippen MR) is 75.3 cm³/mol. The quantitative estimate of drug-likeness (QED) is 0.778. The van der Waals surface area contributed by atoms with Crippen LogP contribution in [0.3, 0.4) is 0 Å². The van der Waals surface area contributed by atoms with Crippen LogP contribution in [0.4, 0.5) is 8.78 Å². The van der Waals surface area contributed by atoms with Crippen molar-refractivity contribution in [1.82, 2.24) is 4.57 Å². The van der Waals surface area contributed by atoms with Gasteiger partial charge in [0.15, 0.2) is 0 Å². The Morgan fingerprint density at radius 3 is 2.55 bits per heavy atom. The van der Waals surface area contributed by atoms with E-state index in [0.29, 0.717) is 18.7 Å². The van der Waals surface area contributed by atoms with Gasteiger partial charge in [-0.1, -0.05) is 24.3 Å². The van der Waals surface area contributed by atoms with E-state index in [0.717, 1.165) is 22.7 Å². The summed E-state index contributed by atoms with van der Waals surface area (Å²) in [6.07, 6.45) is 0. The van der Waals surface area contributed by atoms with Crippen LogP contribution in [0.2, 0.25) is 0 Å². The molecule has 1 heterocycles. The predicted octanol–water partition coefficient (Wildman–Crippen LogP) is 3.43. The third-order valence-electron chi connectivity index (χ3n) is 3.45. The lowest BCUT2D eigenvalue weighted by atomic mass is 10.2. The van der Waals surface area contributed by atoms with Gasteiger partial charge in [0.05, 0.1) is 6.54 Å². The molecule has 2 aromatic carbocycles. The van der Waals surface area contributed by atoms with Crippen molar-refractivity contribution in [3.05, 3.63) is 71.4 Å². The van der Waals surface area contributed by atoms with Crippen LogP contribution in [0, 0.1) is 11.6 Å². The van der Waals surface area contributed by atoms with Crippen LogP contribution in [0.15, 0.2) is 48.5 Å². The monoisotopic (exact) mass is 272 g/mol. The molecular formula is C16H14F2N2. The first kappa shape index (κ1) is 12.8. The first-order valence-corrected chi connectivity index (χ1v) is 6.40. The van der Waals surface area contributed by atoms with E-state index in [4.69, 9.17) is 5.73 Å². The Labute approximate surface area is 115 Å². The molecule has 0 saturated carbocycles. The lowest BCUT2D eigenvalue weighted by molar-refractivity contribution is 0.566. The van der Waals surface area contributed by atoms with Crippen LogP contribution in [0.5, 0.6) is 0 Å². The summed E-state index contributed by atoms with van der Waals surface area (Å²) in [4.78, 5) is 0. The van der Waals surface area contributed by atoms with Crippen molar-refractivity contribution in [2.75, 3.05) is 0 Å². The number of fused-ring (bicyclic) bond motifs is 1. The molecule has 102 valence electrons. The second kappa shape index (κ2) is 5.06. The molecule has 0 aliphatic heterocycles. The minimum absolute atomic E-state index is 0.339. The van der Waals surface area contributed by atoms with E-state index in [9.17, 15) is 8.78 Å². The highest BCUT2D eigenvalue weighted by atomic mass is 19.1. The van der Waals surface area contributed by atoms with Gasteiger partial charge in [0.2, 0.25) is 0 Å². The van der Waals surface area contributed by atoms with Gasteiger partial charge in [-0.25, -0.2) is 8.78 Å². The summed E-state index contributed by atoms with van der Waals surface area (Å²) in [5.41, 5.74) is 8.13. The lowest BCUT2D eigenvalue weighted by Gasteiger charge is -2.10. The first-order valence-electron chi connectivity index (χ1n) is 6.40. The summed E-state index contributed by atoms with van der Waals surface area (Å²) in [6, 6.07) is 13.5. The van der Waals surface area contributed by atoms with E-state index in [1.807, 2.05) is 34.9 Å². The third kappa shape index (κ3) is 2.18. The van der Waals surface area contributed by atoms with E-state index in [1.165, 1.54) is 12.1 Å². The maximum Gasteiger partial charge on any atom is 0.131 e. The van der Waals surface area contributed by atoms with Gasteiger partial charge in [-0.15, -0.1) is 0 Å². The lowest BCUT2D eigenvalue weighted by Crippen LogP contribution is -2.09. The molecule has 0 aliphatic carbocycles. The topological polar surface area (TPSA) is 30.9 Å². The number of halogens is 2. The summed E-state index contributed by atoms with van der Waals surface area (Å²) in [5, 5.41) is 1.07. The first-order chi connectivity index (χ1) is 9.69. The second-order valence-corrected chi connectivity index (χ2v) is 4.72. The zero-order valence-corrected chi connectivity index (χ0v) is 10.8. The highest BCUT2D eigenvalue weighted by Gasteiger charge is 2.10. The summed E-state index contributed by atoms with van der Waals surface area (Å²) in [7, 11) is 0. The SMILES string of the molecule is NCc1cc2ccccc2n1Cc1ccc(F)cc1F. The fraction of sp³-hybridized carbons (Fsp3) is 0.125. The molecule has 0 saturated heterocycles. The van der Waals surface area contributed by atoms with Gasteiger partial charge >= 0.3 is 0 Å². The molecule has 1 aromatic heterocycles. The second-order valence-electron chi connectivity index (χ2n) is 4.72. The molecule has 0 radical (unpaired) electrons. The zero-order valence-electron chi connectivity index (χ0n) is 10.8. The van der Waals surface area contributed by atoms with E-state index in [1.54, 1.807) is 0 Å². The number of rotatable bonds is 3. The third-order valence-corrected chi connectivity index (χ3v) is 3.45. The van der Waals surface area contributed by atoms with Crippen LogP contribution in [-0.2, 0) is 13.1 Å². The molecular weight excluding hydrogens is 258 g/mol. The van der Waals surface area contributed by atoms with Crippen molar-refractivity contribution in [3.8, 4) is 0 Å². The highest BCUT2D eigenvalue weighted by Crippen LogP contribution is 2.22. The molecule has 0 amide bonds. The average molecular weight is 272 g/mol. The summed E-state index contributed by atoms with van der Waals surface area (Å²) in [5.74, 6) is -1.10. The van der Waals surface area contributed by atoms with Crippen molar-refractivity contribution in [1.29, 1.82) is 0 Å². The van der Waals surface area contributed by atoms with Crippen LogP contribution in [0.1, 0.15) is 11.3 Å². The molecule has 0 atom stereocenters. The van der Waals surface area contributed by atoms with Gasteiger partial charge in [0.1, 0.15) is 11.6 Å². The Bertz CT molecular complexity index is 762. The van der Waals surface area contributed by atoms with Crippen LogP contribution in [-0.4, -0.2) is 4.57 Å². The molecule has 2 nitrogen and oxygen atoms in total. The number of para-hydroxylation sites is 1. The fourth-order valence-corrected chi connectivity index (χ4v) is 2.44. The molecule has 0 aliphatic rings. The van der Waals surface area contributed by atoms with Crippen molar-refractivity contribution in [2.24, 2.45) is 5.73 Å². The minimum atomic E-state index is -0.567. The van der Waals surface area contributed by atoms with E-state index >= 15 is 0 Å². The van der Waals surface area contributed by atoms with Gasteiger partial charge in [0, 0.05) is 29.4 Å². The van der Waals surface area contributed by atoms with E-state index < -0.39 is 11.6 Å². The van der Waals surface area contributed by atoms with Crippen molar-refractivity contribution >= 4 is 10.9 Å². The van der Waals surface area contributed by atoms with Gasteiger partial charge < -0.3 is 10.3 Å². The average Bonchev–Trinajstić information content (AvgIpc) is 2.80. The number of hydrogen-bond acceptors (Lipinski definition) is 1. The van der Waals surface area contributed by atoms with Gasteiger partial charge in [-0.2, -0.15) is 0 Å². The van der Waals surface area contributed by atoms with E-state index in [-0.39, 0.29) is 0 Å². The molecule has 3 aromatic rings. The molecule has 0 bridgehead atoms. The van der Waals surface area contributed by atoms with Crippen molar-refractivity contribution in [3.63, 3.8) is 0 Å². The van der Waals surface area contributed by atoms with Gasteiger partial charge in [-0.3, -0.25) is 0 Å². The number of hydrogen-bond donors (Lipinski definition) is 1. The van der Waals surface area contributed by atoms with Crippen molar-refractivity contribution < 1.29 is 8.78 Å². The van der Waals surface area contributed by atoms with E-state index in [2.05, 4.69) is 0 Å².